The number of hydrogen-bond acceptors (Lipinski definition) is 4. The van der Waals surface area contributed by atoms with Gasteiger partial charge in [0.25, 0.3) is 15.9 Å². The van der Waals surface area contributed by atoms with Crippen molar-refractivity contribution in [2.45, 2.75) is 95.8 Å². The van der Waals surface area contributed by atoms with Crippen LogP contribution in [0.1, 0.15) is 101 Å². The molecular formula is C33H46N2O4S. The Morgan fingerprint density at radius 2 is 1.23 bits per heavy atom. The summed E-state index contributed by atoms with van der Waals surface area (Å²) in [6.45, 7) is 5.64. The van der Waals surface area contributed by atoms with Gasteiger partial charge < -0.3 is 10.0 Å². The number of aromatic hydroxyl groups is 1. The Morgan fingerprint density at radius 1 is 0.725 bits per heavy atom. The molecule has 0 unspecified atom stereocenters. The number of phenolic OH excluding ortho intramolecular Hbond substituents is 1. The van der Waals surface area contributed by atoms with Crippen LogP contribution in [0.5, 0.6) is 5.75 Å². The van der Waals surface area contributed by atoms with Gasteiger partial charge in [0.1, 0.15) is 5.75 Å². The normalized spacial score (nSPS) is 11.6. The van der Waals surface area contributed by atoms with Gasteiger partial charge in [0.2, 0.25) is 0 Å². The number of hydrogen-bond donors (Lipinski definition) is 2. The fourth-order valence-electron chi connectivity index (χ4n) is 5.06. The first-order chi connectivity index (χ1) is 19.4. The van der Waals surface area contributed by atoms with Crippen LogP contribution in [0.2, 0.25) is 0 Å². The van der Waals surface area contributed by atoms with Crippen molar-refractivity contribution in [2.75, 3.05) is 17.8 Å². The lowest BCUT2D eigenvalue weighted by molar-refractivity contribution is 0.0746. The molecule has 7 heteroatoms. The van der Waals surface area contributed by atoms with Crippen LogP contribution in [0.3, 0.4) is 0 Å². The van der Waals surface area contributed by atoms with Gasteiger partial charge in [-0.3, -0.25) is 9.52 Å². The molecule has 40 heavy (non-hydrogen) atoms. The van der Waals surface area contributed by atoms with Crippen molar-refractivity contribution < 1.29 is 18.3 Å². The summed E-state index contributed by atoms with van der Waals surface area (Å²) < 4.78 is 29.0. The van der Waals surface area contributed by atoms with Crippen LogP contribution < -0.4 is 4.72 Å². The van der Waals surface area contributed by atoms with E-state index in [0.717, 1.165) is 38.5 Å². The highest BCUT2D eigenvalue weighted by Gasteiger charge is 2.24. The van der Waals surface area contributed by atoms with Crippen molar-refractivity contribution in [2.24, 2.45) is 0 Å². The van der Waals surface area contributed by atoms with E-state index >= 15 is 0 Å². The summed E-state index contributed by atoms with van der Waals surface area (Å²) in [6.07, 6.45) is 13.5. The SMILES string of the molecule is CCCCCCCCN(CCCCCCCC)C(=O)c1cc(NS(=O)(=O)c2ccccc2)c2ccccc2c1O. The van der Waals surface area contributed by atoms with Crippen molar-refractivity contribution in [3.05, 3.63) is 66.2 Å². The number of anilines is 1. The average Bonchev–Trinajstić information content (AvgIpc) is 2.97. The third-order valence-corrected chi connectivity index (χ3v) is 8.78. The zero-order valence-electron chi connectivity index (χ0n) is 24.2. The van der Waals surface area contributed by atoms with Gasteiger partial charge in [-0.2, -0.15) is 0 Å². The quantitative estimate of drug-likeness (QED) is 0.119. The number of nitrogens with one attached hydrogen (secondary N) is 1. The van der Waals surface area contributed by atoms with Crippen molar-refractivity contribution in [3.63, 3.8) is 0 Å². The summed E-state index contributed by atoms with van der Waals surface area (Å²) in [4.78, 5) is 15.9. The number of carbonyl (C=O) groups is 1. The minimum Gasteiger partial charge on any atom is -0.506 e. The largest absolute Gasteiger partial charge is 0.506 e. The second-order valence-electron chi connectivity index (χ2n) is 10.6. The summed E-state index contributed by atoms with van der Waals surface area (Å²) >= 11 is 0. The summed E-state index contributed by atoms with van der Waals surface area (Å²) in [5, 5.41) is 12.2. The second kappa shape index (κ2) is 16.3. The Bertz CT molecular complexity index is 1290. The van der Waals surface area contributed by atoms with E-state index in [1.807, 2.05) is 4.90 Å². The molecule has 0 atom stereocenters. The maximum absolute atomic E-state index is 13.9. The van der Waals surface area contributed by atoms with Gasteiger partial charge in [0.05, 0.1) is 16.1 Å². The molecule has 0 fully saturated rings. The van der Waals surface area contributed by atoms with Crippen LogP contribution in [-0.4, -0.2) is 37.4 Å². The second-order valence-corrected chi connectivity index (χ2v) is 12.3. The molecule has 3 rings (SSSR count). The first-order valence-corrected chi connectivity index (χ1v) is 16.5. The smallest absolute Gasteiger partial charge is 0.261 e. The highest BCUT2D eigenvalue weighted by atomic mass is 32.2. The predicted octanol–water partition coefficient (Wildman–Crippen LogP) is 8.51. The highest BCUT2D eigenvalue weighted by Crippen LogP contribution is 2.36. The third kappa shape index (κ3) is 8.98. The van der Waals surface area contributed by atoms with Crippen molar-refractivity contribution >= 4 is 32.4 Å². The van der Waals surface area contributed by atoms with Gasteiger partial charge in [0.15, 0.2) is 0 Å². The van der Waals surface area contributed by atoms with Crippen LogP contribution in [0.25, 0.3) is 10.8 Å². The van der Waals surface area contributed by atoms with Gasteiger partial charge in [-0.1, -0.05) is 121 Å². The molecule has 0 aliphatic rings. The molecule has 1 amide bonds. The number of unbranched alkanes of at least 4 members (excludes halogenated alkanes) is 10. The molecule has 0 saturated carbocycles. The molecule has 218 valence electrons. The Morgan fingerprint density at radius 3 is 1.80 bits per heavy atom. The van der Waals surface area contributed by atoms with Crippen LogP contribution >= 0.6 is 0 Å². The maximum Gasteiger partial charge on any atom is 0.261 e. The first-order valence-electron chi connectivity index (χ1n) is 15.0. The number of phenols is 1. The minimum atomic E-state index is -3.89. The van der Waals surface area contributed by atoms with Crippen molar-refractivity contribution in [3.8, 4) is 5.75 Å². The highest BCUT2D eigenvalue weighted by molar-refractivity contribution is 7.92. The third-order valence-electron chi connectivity index (χ3n) is 7.39. The van der Waals surface area contributed by atoms with E-state index < -0.39 is 10.0 Å². The first kappa shape index (κ1) is 31.5. The number of fused-ring (bicyclic) bond motifs is 1. The Labute approximate surface area is 240 Å². The van der Waals surface area contributed by atoms with E-state index in [2.05, 4.69) is 18.6 Å². The fraction of sp³-hybridized carbons (Fsp3) is 0.485. The molecule has 0 heterocycles. The molecular weight excluding hydrogens is 520 g/mol. The summed E-state index contributed by atoms with van der Waals surface area (Å²) in [7, 11) is -3.89. The molecule has 6 nitrogen and oxygen atoms in total. The average molecular weight is 567 g/mol. The molecule has 0 aliphatic heterocycles. The lowest BCUT2D eigenvalue weighted by Crippen LogP contribution is -2.33. The zero-order valence-corrected chi connectivity index (χ0v) is 25.0. The molecule has 3 aromatic rings. The standard InChI is InChI=1S/C33H46N2O4S/c1-3-5-7-9-11-18-24-35(25-19-12-10-8-6-4-2)33(37)30-26-31(28-22-16-17-23-29(28)32(30)36)34-40(38,39)27-20-14-13-15-21-27/h13-17,20-23,26,34,36H,3-12,18-19,24-25H2,1-2H3. The molecule has 0 aromatic heterocycles. The van der Waals surface area contributed by atoms with Gasteiger partial charge >= 0.3 is 0 Å². The van der Waals surface area contributed by atoms with E-state index in [4.69, 9.17) is 0 Å². The van der Waals surface area contributed by atoms with Gasteiger partial charge in [0, 0.05) is 23.9 Å². The topological polar surface area (TPSA) is 86.7 Å². The van der Waals surface area contributed by atoms with E-state index in [-0.39, 0.29) is 27.8 Å². The molecule has 0 spiro atoms. The van der Waals surface area contributed by atoms with Gasteiger partial charge in [-0.15, -0.1) is 0 Å². The molecule has 0 aliphatic carbocycles. The minimum absolute atomic E-state index is 0.112. The van der Waals surface area contributed by atoms with Crippen LogP contribution in [0.15, 0.2) is 65.6 Å². The number of nitrogens with zero attached hydrogens (tertiary/aromatic N) is 1. The monoisotopic (exact) mass is 566 g/mol. The van der Waals surface area contributed by atoms with E-state index in [9.17, 15) is 18.3 Å². The van der Waals surface area contributed by atoms with Crippen LogP contribution in [0, 0.1) is 0 Å². The number of amides is 1. The predicted molar refractivity (Wildman–Crippen MR) is 166 cm³/mol. The fourth-order valence-corrected chi connectivity index (χ4v) is 6.15. The molecule has 0 bridgehead atoms. The summed E-state index contributed by atoms with van der Waals surface area (Å²) in [5.74, 6) is -0.371. The molecule has 0 radical (unpaired) electrons. The Kier molecular flexibility index (Phi) is 12.8. The number of benzene rings is 3. The summed E-state index contributed by atoms with van der Waals surface area (Å²) in [5.41, 5.74) is 0.404. The molecule has 0 saturated heterocycles. The van der Waals surface area contributed by atoms with Gasteiger partial charge in [-0.05, 0) is 31.0 Å². The van der Waals surface area contributed by atoms with Crippen molar-refractivity contribution in [1.82, 2.24) is 4.90 Å². The Hall–Kier alpha value is -3.06. The van der Waals surface area contributed by atoms with E-state index in [0.29, 0.717) is 23.9 Å². The number of rotatable bonds is 18. The van der Waals surface area contributed by atoms with Crippen molar-refractivity contribution in [1.29, 1.82) is 0 Å². The lowest BCUT2D eigenvalue weighted by atomic mass is 10.0. The zero-order chi connectivity index (χ0) is 28.8. The Balaban J connectivity index is 1.87. The maximum atomic E-state index is 13.9. The van der Waals surface area contributed by atoms with E-state index in [1.54, 1.807) is 42.5 Å². The molecule has 3 aromatic carbocycles. The summed E-state index contributed by atoms with van der Waals surface area (Å²) in [6, 6.07) is 16.7. The van der Waals surface area contributed by atoms with Crippen LogP contribution in [-0.2, 0) is 10.0 Å². The van der Waals surface area contributed by atoms with Crippen LogP contribution in [0.4, 0.5) is 5.69 Å². The number of sulfonamides is 1. The van der Waals surface area contributed by atoms with Gasteiger partial charge in [-0.25, -0.2) is 8.42 Å². The van der Waals surface area contributed by atoms with E-state index in [1.165, 1.54) is 56.7 Å². The lowest BCUT2D eigenvalue weighted by Gasteiger charge is -2.24. The molecule has 2 N–H and O–H groups in total. The number of carbonyl (C=O) groups excluding carboxylic acids is 1.